The molecule has 0 spiro atoms. The second-order valence-electron chi connectivity index (χ2n) is 5.94. The Morgan fingerprint density at radius 1 is 1.12 bits per heavy atom. The summed E-state index contributed by atoms with van der Waals surface area (Å²) >= 11 is 0. The molecule has 0 saturated heterocycles. The third-order valence-corrected chi connectivity index (χ3v) is 5.67. The minimum absolute atomic E-state index is 0.0212. The van der Waals surface area contributed by atoms with Gasteiger partial charge in [-0.2, -0.15) is 0 Å². The molecule has 1 aliphatic rings. The lowest BCUT2D eigenvalue weighted by atomic mass is 10.2. The summed E-state index contributed by atoms with van der Waals surface area (Å²) in [6.45, 7) is 0.360. The fourth-order valence-corrected chi connectivity index (χ4v) is 4.10. The van der Waals surface area contributed by atoms with Gasteiger partial charge in [0.15, 0.2) is 0 Å². The van der Waals surface area contributed by atoms with E-state index in [2.05, 4.69) is 10.0 Å². The van der Waals surface area contributed by atoms with E-state index >= 15 is 0 Å². The van der Waals surface area contributed by atoms with E-state index in [0.29, 0.717) is 12.1 Å². The number of hydrogen-bond acceptors (Lipinski definition) is 4. The highest BCUT2D eigenvalue weighted by Crippen LogP contribution is 2.20. The molecule has 0 unspecified atom stereocenters. The zero-order valence-corrected chi connectivity index (χ0v) is 14.0. The van der Waals surface area contributed by atoms with Crippen LogP contribution in [0, 0.1) is 0 Å². The molecule has 128 valence electrons. The molecule has 2 N–H and O–H groups in total. The largest absolute Gasteiger partial charge is 0.472 e. The van der Waals surface area contributed by atoms with Gasteiger partial charge in [-0.05, 0) is 43.2 Å². The van der Waals surface area contributed by atoms with E-state index in [0.717, 1.165) is 31.2 Å². The number of nitrogens with one attached hydrogen (secondary N) is 2. The summed E-state index contributed by atoms with van der Waals surface area (Å²) in [5.41, 5.74) is 1.28. The first-order valence-electron chi connectivity index (χ1n) is 7.96. The summed E-state index contributed by atoms with van der Waals surface area (Å²) < 4.78 is 32.3. The van der Waals surface area contributed by atoms with Crippen molar-refractivity contribution in [2.24, 2.45) is 0 Å². The van der Waals surface area contributed by atoms with Crippen molar-refractivity contribution in [3.63, 3.8) is 0 Å². The van der Waals surface area contributed by atoms with Crippen LogP contribution < -0.4 is 10.0 Å². The van der Waals surface area contributed by atoms with Crippen molar-refractivity contribution in [3.05, 3.63) is 54.0 Å². The van der Waals surface area contributed by atoms with E-state index in [9.17, 15) is 13.2 Å². The summed E-state index contributed by atoms with van der Waals surface area (Å²) in [5, 5.41) is 2.75. The number of amides is 1. The minimum Gasteiger partial charge on any atom is -0.472 e. The molecule has 0 aliphatic heterocycles. The fraction of sp³-hybridized carbons (Fsp3) is 0.353. The van der Waals surface area contributed by atoms with Gasteiger partial charge in [0, 0.05) is 23.7 Å². The maximum atomic E-state index is 12.3. The molecule has 1 aromatic heterocycles. The van der Waals surface area contributed by atoms with Gasteiger partial charge in [-0.1, -0.05) is 12.8 Å². The van der Waals surface area contributed by atoms with Crippen LogP contribution in [0.25, 0.3) is 0 Å². The predicted molar refractivity (Wildman–Crippen MR) is 88.9 cm³/mol. The molecule has 2 aromatic rings. The van der Waals surface area contributed by atoms with Crippen LogP contribution in [0.2, 0.25) is 0 Å². The zero-order chi connectivity index (χ0) is 17.0. The monoisotopic (exact) mass is 348 g/mol. The van der Waals surface area contributed by atoms with Crippen molar-refractivity contribution >= 4 is 15.9 Å². The molecule has 3 rings (SSSR count). The van der Waals surface area contributed by atoms with E-state index in [1.165, 1.54) is 24.3 Å². The van der Waals surface area contributed by atoms with Gasteiger partial charge in [0.25, 0.3) is 5.91 Å². The lowest BCUT2D eigenvalue weighted by Crippen LogP contribution is -2.32. The highest BCUT2D eigenvalue weighted by Gasteiger charge is 2.23. The molecule has 1 aromatic carbocycles. The van der Waals surface area contributed by atoms with Crippen LogP contribution in [0.4, 0.5) is 0 Å². The second-order valence-corrected chi connectivity index (χ2v) is 7.66. The first-order valence-corrected chi connectivity index (χ1v) is 9.44. The van der Waals surface area contributed by atoms with Gasteiger partial charge in [0.2, 0.25) is 10.0 Å². The van der Waals surface area contributed by atoms with Gasteiger partial charge in [-0.3, -0.25) is 4.79 Å². The van der Waals surface area contributed by atoms with Crippen LogP contribution in [-0.4, -0.2) is 20.4 Å². The van der Waals surface area contributed by atoms with Gasteiger partial charge in [0.1, 0.15) is 0 Å². The Bertz CT molecular complexity index is 777. The van der Waals surface area contributed by atoms with Crippen LogP contribution >= 0.6 is 0 Å². The average molecular weight is 348 g/mol. The van der Waals surface area contributed by atoms with E-state index in [1.54, 1.807) is 18.6 Å². The standard InChI is InChI=1S/C17H20N2O4S/c20-17(18-11-13-9-10-23-12-13)14-5-7-16(8-6-14)24(21,22)19-15-3-1-2-4-15/h5-10,12,15,19H,1-4,11H2,(H,18,20). The summed E-state index contributed by atoms with van der Waals surface area (Å²) in [5.74, 6) is -0.260. The number of carbonyl (C=O) groups is 1. The Labute approximate surface area is 141 Å². The van der Waals surface area contributed by atoms with Crippen LogP contribution in [0.3, 0.4) is 0 Å². The van der Waals surface area contributed by atoms with Crippen molar-refractivity contribution in [2.45, 2.75) is 43.2 Å². The van der Waals surface area contributed by atoms with Gasteiger partial charge >= 0.3 is 0 Å². The van der Waals surface area contributed by atoms with Gasteiger partial charge in [-0.25, -0.2) is 13.1 Å². The maximum Gasteiger partial charge on any atom is 0.251 e. The minimum atomic E-state index is -3.53. The topological polar surface area (TPSA) is 88.4 Å². The van der Waals surface area contributed by atoms with Gasteiger partial charge in [0.05, 0.1) is 17.4 Å². The number of furan rings is 1. The second kappa shape index (κ2) is 7.19. The van der Waals surface area contributed by atoms with Gasteiger partial charge in [-0.15, -0.1) is 0 Å². The molecule has 0 atom stereocenters. The van der Waals surface area contributed by atoms with Crippen molar-refractivity contribution in [2.75, 3.05) is 0 Å². The molecule has 1 saturated carbocycles. The van der Waals surface area contributed by atoms with E-state index in [-0.39, 0.29) is 16.8 Å². The number of sulfonamides is 1. The van der Waals surface area contributed by atoms with Crippen LogP contribution in [0.15, 0.2) is 52.2 Å². The highest BCUT2D eigenvalue weighted by molar-refractivity contribution is 7.89. The van der Waals surface area contributed by atoms with Crippen molar-refractivity contribution in [1.82, 2.24) is 10.0 Å². The quantitative estimate of drug-likeness (QED) is 0.839. The maximum absolute atomic E-state index is 12.3. The van der Waals surface area contributed by atoms with Crippen molar-refractivity contribution < 1.29 is 17.6 Å². The molecule has 24 heavy (non-hydrogen) atoms. The van der Waals surface area contributed by atoms with Crippen molar-refractivity contribution in [1.29, 1.82) is 0 Å². The smallest absolute Gasteiger partial charge is 0.251 e. The van der Waals surface area contributed by atoms with E-state index in [4.69, 9.17) is 4.42 Å². The average Bonchev–Trinajstić information content (AvgIpc) is 3.26. The van der Waals surface area contributed by atoms with Crippen molar-refractivity contribution in [3.8, 4) is 0 Å². The van der Waals surface area contributed by atoms with Crippen LogP contribution in [0.1, 0.15) is 41.6 Å². The molecular weight excluding hydrogens is 328 g/mol. The van der Waals surface area contributed by atoms with Gasteiger partial charge < -0.3 is 9.73 Å². The zero-order valence-electron chi connectivity index (χ0n) is 13.2. The molecule has 1 fully saturated rings. The third kappa shape index (κ3) is 4.04. The molecule has 0 bridgehead atoms. The summed E-state index contributed by atoms with van der Waals surface area (Å²) in [4.78, 5) is 12.3. The molecule has 1 heterocycles. The molecule has 7 heteroatoms. The number of hydrogen-bond donors (Lipinski definition) is 2. The predicted octanol–water partition coefficient (Wildman–Crippen LogP) is 2.43. The molecule has 0 radical (unpaired) electrons. The Balaban J connectivity index is 1.62. The lowest BCUT2D eigenvalue weighted by Gasteiger charge is -2.12. The number of carbonyl (C=O) groups excluding carboxylic acids is 1. The van der Waals surface area contributed by atoms with Crippen LogP contribution in [0.5, 0.6) is 0 Å². The molecule has 1 aliphatic carbocycles. The number of rotatable bonds is 6. The summed E-state index contributed by atoms with van der Waals surface area (Å²) in [6, 6.07) is 7.76. The molecular formula is C17H20N2O4S. The molecule has 6 nitrogen and oxygen atoms in total. The first-order chi connectivity index (χ1) is 11.5. The fourth-order valence-electron chi connectivity index (χ4n) is 2.79. The summed E-state index contributed by atoms with van der Waals surface area (Å²) in [7, 11) is -3.53. The Kier molecular flexibility index (Phi) is 5.01. The third-order valence-electron chi connectivity index (χ3n) is 4.14. The number of benzene rings is 1. The Morgan fingerprint density at radius 2 is 1.83 bits per heavy atom. The SMILES string of the molecule is O=C(NCc1ccoc1)c1ccc(S(=O)(=O)NC2CCCC2)cc1. The Morgan fingerprint density at radius 3 is 2.46 bits per heavy atom. The van der Waals surface area contributed by atoms with E-state index in [1.807, 2.05) is 0 Å². The lowest BCUT2D eigenvalue weighted by molar-refractivity contribution is 0.0951. The highest BCUT2D eigenvalue weighted by atomic mass is 32.2. The summed E-state index contributed by atoms with van der Waals surface area (Å²) in [6.07, 6.45) is 6.98. The first kappa shape index (κ1) is 16.7. The molecule has 1 amide bonds. The normalized spacial score (nSPS) is 15.5. The van der Waals surface area contributed by atoms with E-state index < -0.39 is 10.0 Å². The van der Waals surface area contributed by atoms with Crippen LogP contribution in [-0.2, 0) is 16.6 Å². The Hall–Kier alpha value is -2.12.